The smallest absolute Gasteiger partial charge is 0.230 e. The van der Waals surface area contributed by atoms with Gasteiger partial charge in [-0.05, 0) is 35.9 Å². The average Bonchev–Trinajstić information content (AvgIpc) is 3.14. The number of aromatic nitrogens is 2. The summed E-state index contributed by atoms with van der Waals surface area (Å²) in [6, 6.07) is 13.7. The van der Waals surface area contributed by atoms with E-state index in [-0.39, 0.29) is 17.5 Å². The lowest BCUT2D eigenvalue weighted by atomic mass is 10.2. The summed E-state index contributed by atoms with van der Waals surface area (Å²) in [6.45, 7) is 0.405. The van der Waals surface area contributed by atoms with Crippen molar-refractivity contribution in [2.75, 3.05) is 12.9 Å². The van der Waals surface area contributed by atoms with E-state index in [0.717, 1.165) is 22.6 Å². The Balaban J connectivity index is 1.51. The standard InChI is InChI=1S/C19H18FN3O2S/c1-25-17-5-3-2-4-14(17)10-21-18(24)12-26-19-22-11-16(23-19)13-6-8-15(20)9-7-13/h2-9,11H,10,12H2,1H3,(H,21,24)(H,22,23). The zero-order valence-corrected chi connectivity index (χ0v) is 15.0. The van der Waals surface area contributed by atoms with Crippen LogP contribution in [0.4, 0.5) is 4.39 Å². The van der Waals surface area contributed by atoms with Gasteiger partial charge in [-0.1, -0.05) is 30.0 Å². The van der Waals surface area contributed by atoms with Gasteiger partial charge in [-0.3, -0.25) is 4.79 Å². The number of amides is 1. The number of carbonyl (C=O) groups is 1. The van der Waals surface area contributed by atoms with Gasteiger partial charge in [0.05, 0.1) is 24.8 Å². The first kappa shape index (κ1) is 18.0. The van der Waals surface area contributed by atoms with Crippen molar-refractivity contribution in [1.82, 2.24) is 15.3 Å². The van der Waals surface area contributed by atoms with Crippen LogP contribution in [0.15, 0.2) is 59.9 Å². The highest BCUT2D eigenvalue weighted by Crippen LogP contribution is 2.22. The zero-order chi connectivity index (χ0) is 18.4. The van der Waals surface area contributed by atoms with Crippen molar-refractivity contribution in [3.05, 3.63) is 66.1 Å². The summed E-state index contributed by atoms with van der Waals surface area (Å²) in [7, 11) is 1.60. The number of aromatic amines is 1. The molecule has 0 aliphatic rings. The molecule has 0 spiro atoms. The Morgan fingerprint density at radius 1 is 1.23 bits per heavy atom. The van der Waals surface area contributed by atoms with Gasteiger partial charge < -0.3 is 15.0 Å². The number of methoxy groups -OCH3 is 1. The van der Waals surface area contributed by atoms with E-state index < -0.39 is 0 Å². The van der Waals surface area contributed by atoms with Crippen molar-refractivity contribution in [3.8, 4) is 17.0 Å². The maximum absolute atomic E-state index is 13.0. The molecule has 134 valence electrons. The second-order valence-electron chi connectivity index (χ2n) is 5.49. The first-order valence-corrected chi connectivity index (χ1v) is 8.96. The first-order valence-electron chi connectivity index (χ1n) is 7.98. The Labute approximate surface area is 155 Å². The Morgan fingerprint density at radius 3 is 2.77 bits per heavy atom. The monoisotopic (exact) mass is 371 g/mol. The van der Waals surface area contributed by atoms with E-state index in [4.69, 9.17) is 4.74 Å². The fourth-order valence-electron chi connectivity index (χ4n) is 2.38. The van der Waals surface area contributed by atoms with Crippen molar-refractivity contribution in [2.24, 2.45) is 0 Å². The van der Waals surface area contributed by atoms with Crippen molar-refractivity contribution >= 4 is 17.7 Å². The molecule has 1 heterocycles. The molecule has 0 saturated heterocycles. The Bertz CT molecular complexity index is 881. The summed E-state index contributed by atoms with van der Waals surface area (Å²) in [5, 5.41) is 3.50. The lowest BCUT2D eigenvalue weighted by Gasteiger charge is -2.09. The predicted molar refractivity (Wildman–Crippen MR) is 99.5 cm³/mol. The number of hydrogen-bond acceptors (Lipinski definition) is 4. The van der Waals surface area contributed by atoms with Crippen molar-refractivity contribution in [3.63, 3.8) is 0 Å². The molecule has 0 unspecified atom stereocenters. The first-order chi connectivity index (χ1) is 12.7. The van der Waals surface area contributed by atoms with Crippen LogP contribution in [0, 0.1) is 5.82 Å². The molecular formula is C19H18FN3O2S. The topological polar surface area (TPSA) is 67.0 Å². The fourth-order valence-corrected chi connectivity index (χ4v) is 3.06. The van der Waals surface area contributed by atoms with Crippen LogP contribution in [0.3, 0.4) is 0 Å². The van der Waals surface area contributed by atoms with Gasteiger partial charge in [0.2, 0.25) is 5.91 Å². The summed E-state index contributed by atoms with van der Waals surface area (Å²) in [6.07, 6.45) is 1.67. The second-order valence-corrected chi connectivity index (χ2v) is 6.45. The normalized spacial score (nSPS) is 10.5. The SMILES string of the molecule is COc1ccccc1CNC(=O)CSc1ncc(-c2ccc(F)cc2)[nH]1. The van der Waals surface area contributed by atoms with E-state index in [2.05, 4.69) is 15.3 Å². The third kappa shape index (κ3) is 4.64. The van der Waals surface area contributed by atoms with Gasteiger partial charge in [0, 0.05) is 12.1 Å². The van der Waals surface area contributed by atoms with Crippen molar-refractivity contribution in [1.29, 1.82) is 0 Å². The molecule has 5 nitrogen and oxygen atoms in total. The van der Waals surface area contributed by atoms with Gasteiger partial charge in [-0.25, -0.2) is 9.37 Å². The van der Waals surface area contributed by atoms with Gasteiger partial charge in [-0.2, -0.15) is 0 Å². The number of carbonyl (C=O) groups excluding carboxylic acids is 1. The summed E-state index contributed by atoms with van der Waals surface area (Å²) in [5.41, 5.74) is 2.54. The third-order valence-corrected chi connectivity index (χ3v) is 4.60. The number of imidazole rings is 1. The molecule has 2 aromatic carbocycles. The number of para-hydroxylation sites is 1. The molecule has 0 saturated carbocycles. The molecule has 0 atom stereocenters. The molecule has 26 heavy (non-hydrogen) atoms. The summed E-state index contributed by atoms with van der Waals surface area (Å²) >= 11 is 1.31. The van der Waals surface area contributed by atoms with Gasteiger partial charge in [0.15, 0.2) is 5.16 Å². The van der Waals surface area contributed by atoms with Crippen LogP contribution in [-0.2, 0) is 11.3 Å². The van der Waals surface area contributed by atoms with Gasteiger partial charge >= 0.3 is 0 Å². The van der Waals surface area contributed by atoms with E-state index in [9.17, 15) is 9.18 Å². The highest BCUT2D eigenvalue weighted by Gasteiger charge is 2.08. The van der Waals surface area contributed by atoms with E-state index >= 15 is 0 Å². The molecular weight excluding hydrogens is 353 g/mol. The predicted octanol–water partition coefficient (Wildman–Crippen LogP) is 3.63. The van der Waals surface area contributed by atoms with E-state index in [1.54, 1.807) is 25.4 Å². The summed E-state index contributed by atoms with van der Waals surface area (Å²) in [5.74, 6) is 0.608. The van der Waals surface area contributed by atoms with E-state index in [1.807, 2.05) is 24.3 Å². The Morgan fingerprint density at radius 2 is 2.00 bits per heavy atom. The van der Waals surface area contributed by atoms with Crippen LogP contribution in [0.25, 0.3) is 11.3 Å². The Kier molecular flexibility index (Phi) is 5.91. The largest absolute Gasteiger partial charge is 0.496 e. The van der Waals surface area contributed by atoms with E-state index in [1.165, 1.54) is 23.9 Å². The second kappa shape index (κ2) is 8.53. The number of rotatable bonds is 7. The molecule has 7 heteroatoms. The molecule has 2 N–H and O–H groups in total. The number of H-pyrrole nitrogens is 1. The number of nitrogens with one attached hydrogen (secondary N) is 2. The van der Waals surface area contributed by atoms with E-state index in [0.29, 0.717) is 11.7 Å². The van der Waals surface area contributed by atoms with Crippen molar-refractivity contribution in [2.45, 2.75) is 11.7 Å². The molecule has 3 aromatic rings. The molecule has 0 radical (unpaired) electrons. The van der Waals surface area contributed by atoms with Crippen LogP contribution in [0.1, 0.15) is 5.56 Å². The van der Waals surface area contributed by atoms with Crippen LogP contribution in [-0.4, -0.2) is 28.7 Å². The quantitative estimate of drug-likeness (QED) is 0.623. The number of halogens is 1. The molecule has 1 amide bonds. The average molecular weight is 371 g/mol. The van der Waals surface area contributed by atoms with Crippen LogP contribution in [0.5, 0.6) is 5.75 Å². The highest BCUT2D eigenvalue weighted by atomic mass is 32.2. The molecule has 0 bridgehead atoms. The highest BCUT2D eigenvalue weighted by molar-refractivity contribution is 7.99. The summed E-state index contributed by atoms with van der Waals surface area (Å²) in [4.78, 5) is 19.4. The van der Waals surface area contributed by atoms with Gasteiger partial charge in [-0.15, -0.1) is 0 Å². The molecule has 3 rings (SSSR count). The maximum Gasteiger partial charge on any atom is 0.230 e. The molecule has 0 fully saturated rings. The Hall–Kier alpha value is -2.80. The number of thioether (sulfide) groups is 1. The van der Waals surface area contributed by atoms with Crippen LogP contribution in [0.2, 0.25) is 0 Å². The number of nitrogens with zero attached hydrogens (tertiary/aromatic N) is 1. The minimum absolute atomic E-state index is 0.0966. The molecule has 1 aromatic heterocycles. The van der Waals surface area contributed by atoms with Gasteiger partial charge in [0.25, 0.3) is 0 Å². The zero-order valence-electron chi connectivity index (χ0n) is 14.2. The van der Waals surface area contributed by atoms with Crippen LogP contribution < -0.4 is 10.1 Å². The molecule has 0 aliphatic carbocycles. The lowest BCUT2D eigenvalue weighted by molar-refractivity contribution is -0.118. The van der Waals surface area contributed by atoms with Crippen LogP contribution >= 0.6 is 11.8 Å². The number of hydrogen-bond donors (Lipinski definition) is 2. The third-order valence-electron chi connectivity index (χ3n) is 3.72. The maximum atomic E-state index is 13.0. The minimum Gasteiger partial charge on any atom is -0.496 e. The fraction of sp³-hybridized carbons (Fsp3) is 0.158. The lowest BCUT2D eigenvalue weighted by Crippen LogP contribution is -2.24. The minimum atomic E-state index is -0.283. The van der Waals surface area contributed by atoms with Gasteiger partial charge in [0.1, 0.15) is 11.6 Å². The van der Waals surface area contributed by atoms with Crippen molar-refractivity contribution < 1.29 is 13.9 Å². The number of ether oxygens (including phenoxy) is 1. The number of benzene rings is 2. The summed E-state index contributed by atoms with van der Waals surface area (Å²) < 4.78 is 18.2. The molecule has 0 aliphatic heterocycles.